The number of imidazole rings is 1. The molecule has 0 unspecified atom stereocenters. The fraction of sp³-hybridized carbons (Fsp3) is 0.650. The van der Waals surface area contributed by atoms with Crippen LogP contribution in [0.3, 0.4) is 0 Å². The van der Waals surface area contributed by atoms with Crippen molar-refractivity contribution < 1.29 is 5.11 Å². The van der Waals surface area contributed by atoms with Crippen LogP contribution in [0.4, 0.5) is 11.8 Å². The Kier molecular flexibility index (Phi) is 5.77. The Labute approximate surface area is 166 Å². The third-order valence-corrected chi connectivity index (χ3v) is 5.79. The summed E-state index contributed by atoms with van der Waals surface area (Å²) in [7, 11) is 4.21. The van der Waals surface area contributed by atoms with Gasteiger partial charge in [0.2, 0.25) is 5.95 Å². The molecular formula is C20H31N7O. The van der Waals surface area contributed by atoms with Gasteiger partial charge in [0.15, 0.2) is 0 Å². The van der Waals surface area contributed by atoms with Crippen molar-refractivity contribution in [3.63, 3.8) is 0 Å². The van der Waals surface area contributed by atoms with Gasteiger partial charge in [0.05, 0.1) is 6.10 Å². The molecule has 8 heteroatoms. The van der Waals surface area contributed by atoms with Crippen LogP contribution in [0.15, 0.2) is 24.7 Å². The summed E-state index contributed by atoms with van der Waals surface area (Å²) in [4.78, 5) is 20.6. The van der Waals surface area contributed by atoms with Crippen molar-refractivity contribution in [2.24, 2.45) is 0 Å². The van der Waals surface area contributed by atoms with Crippen LogP contribution in [-0.2, 0) is 6.54 Å². The van der Waals surface area contributed by atoms with Gasteiger partial charge < -0.3 is 24.4 Å². The van der Waals surface area contributed by atoms with Gasteiger partial charge >= 0.3 is 0 Å². The molecular weight excluding hydrogens is 354 g/mol. The van der Waals surface area contributed by atoms with Crippen LogP contribution in [0, 0.1) is 0 Å². The van der Waals surface area contributed by atoms with Gasteiger partial charge in [0, 0.05) is 63.8 Å². The van der Waals surface area contributed by atoms with E-state index in [1.165, 1.54) is 5.82 Å². The zero-order valence-electron chi connectivity index (χ0n) is 16.9. The van der Waals surface area contributed by atoms with E-state index >= 15 is 0 Å². The molecule has 2 saturated heterocycles. The monoisotopic (exact) mass is 385 g/mol. The molecule has 8 nitrogen and oxygen atoms in total. The minimum atomic E-state index is -0.245. The van der Waals surface area contributed by atoms with Crippen LogP contribution in [-0.4, -0.2) is 82.4 Å². The van der Waals surface area contributed by atoms with Crippen molar-refractivity contribution in [2.45, 2.75) is 37.8 Å². The van der Waals surface area contributed by atoms with Crippen molar-refractivity contribution in [1.29, 1.82) is 0 Å². The predicted octanol–water partition coefficient (Wildman–Crippen LogP) is 1.19. The lowest BCUT2D eigenvalue weighted by atomic mass is 9.96. The Bertz CT molecular complexity index is 769. The molecule has 0 saturated carbocycles. The van der Waals surface area contributed by atoms with Crippen LogP contribution in [0.1, 0.15) is 31.0 Å². The second-order valence-corrected chi connectivity index (χ2v) is 8.15. The lowest BCUT2D eigenvalue weighted by Gasteiger charge is -2.32. The average molecular weight is 386 g/mol. The number of rotatable bonds is 6. The molecule has 0 bridgehead atoms. The van der Waals surface area contributed by atoms with Gasteiger partial charge in [-0.1, -0.05) is 0 Å². The number of anilines is 2. The molecule has 2 aliphatic heterocycles. The molecule has 1 N–H and O–H groups in total. The predicted molar refractivity (Wildman–Crippen MR) is 110 cm³/mol. The summed E-state index contributed by atoms with van der Waals surface area (Å²) >= 11 is 0. The molecule has 4 heterocycles. The van der Waals surface area contributed by atoms with E-state index < -0.39 is 0 Å². The molecule has 2 aromatic rings. The van der Waals surface area contributed by atoms with Crippen LogP contribution >= 0.6 is 0 Å². The first kappa shape index (κ1) is 19.1. The van der Waals surface area contributed by atoms with Crippen LogP contribution in [0.2, 0.25) is 0 Å². The van der Waals surface area contributed by atoms with E-state index in [-0.39, 0.29) is 6.10 Å². The maximum atomic E-state index is 9.78. The highest BCUT2D eigenvalue weighted by atomic mass is 16.3. The first-order valence-corrected chi connectivity index (χ1v) is 10.3. The Hall–Kier alpha value is -2.19. The highest BCUT2D eigenvalue weighted by Crippen LogP contribution is 2.29. The van der Waals surface area contributed by atoms with E-state index in [1.54, 1.807) is 0 Å². The third kappa shape index (κ3) is 4.28. The van der Waals surface area contributed by atoms with Gasteiger partial charge in [-0.15, -0.1) is 0 Å². The van der Waals surface area contributed by atoms with Crippen molar-refractivity contribution in [3.8, 4) is 0 Å². The molecule has 4 rings (SSSR count). The molecule has 0 aliphatic carbocycles. The summed E-state index contributed by atoms with van der Waals surface area (Å²) in [5, 5.41) is 9.78. The molecule has 0 radical (unpaired) electrons. The van der Waals surface area contributed by atoms with E-state index in [9.17, 15) is 5.11 Å². The van der Waals surface area contributed by atoms with E-state index in [0.29, 0.717) is 12.5 Å². The lowest BCUT2D eigenvalue weighted by molar-refractivity contribution is 0.198. The number of aliphatic hydroxyl groups excluding tert-OH is 1. The van der Waals surface area contributed by atoms with Gasteiger partial charge in [-0.25, -0.2) is 9.97 Å². The largest absolute Gasteiger partial charge is 0.391 e. The molecule has 2 aromatic heterocycles. The SMILES string of the molecule is CN(C)CCn1ccnc1C1CCN(c2nccc(N3CC[C@@H](O)C3)n2)CC1. The van der Waals surface area contributed by atoms with Gasteiger partial charge in [0.25, 0.3) is 0 Å². The van der Waals surface area contributed by atoms with Crippen LogP contribution in [0.5, 0.6) is 0 Å². The Morgan fingerprint density at radius 2 is 1.86 bits per heavy atom. The van der Waals surface area contributed by atoms with Gasteiger partial charge in [0.1, 0.15) is 11.6 Å². The Morgan fingerprint density at radius 1 is 1.07 bits per heavy atom. The fourth-order valence-corrected chi connectivity index (χ4v) is 4.13. The van der Waals surface area contributed by atoms with Gasteiger partial charge in [-0.05, 0) is 39.4 Å². The molecule has 0 amide bonds. The summed E-state index contributed by atoms with van der Waals surface area (Å²) in [5.41, 5.74) is 0. The zero-order chi connectivity index (χ0) is 19.5. The highest BCUT2D eigenvalue weighted by Gasteiger charge is 2.26. The first-order chi connectivity index (χ1) is 13.6. The smallest absolute Gasteiger partial charge is 0.227 e. The van der Waals surface area contributed by atoms with Crippen molar-refractivity contribution in [3.05, 3.63) is 30.5 Å². The van der Waals surface area contributed by atoms with Gasteiger partial charge in [-0.2, -0.15) is 4.98 Å². The second kappa shape index (κ2) is 8.45. The van der Waals surface area contributed by atoms with Gasteiger partial charge in [-0.3, -0.25) is 0 Å². The molecule has 0 spiro atoms. The molecule has 152 valence electrons. The van der Waals surface area contributed by atoms with Crippen LogP contribution in [0.25, 0.3) is 0 Å². The fourth-order valence-electron chi connectivity index (χ4n) is 4.13. The summed E-state index contributed by atoms with van der Waals surface area (Å²) in [6.07, 6.45) is 8.55. The number of likely N-dealkylation sites (N-methyl/N-ethyl adjacent to an activating group) is 1. The topological polar surface area (TPSA) is 73.6 Å². The van der Waals surface area contributed by atoms with E-state index in [2.05, 4.69) is 49.5 Å². The Balaban J connectivity index is 1.38. The first-order valence-electron chi connectivity index (χ1n) is 10.3. The normalized spacial score (nSPS) is 21.1. The molecule has 1 atom stereocenters. The number of hydrogen-bond donors (Lipinski definition) is 1. The summed E-state index contributed by atoms with van der Waals surface area (Å²) in [6.45, 7) is 5.40. The Morgan fingerprint density at radius 3 is 2.57 bits per heavy atom. The number of β-amino-alcohol motifs (C(OH)–C–C–N with tert-alkyl or cyclic N) is 1. The zero-order valence-corrected chi connectivity index (χ0v) is 16.9. The average Bonchev–Trinajstić information content (AvgIpc) is 3.35. The quantitative estimate of drug-likeness (QED) is 0.801. The molecule has 2 aliphatic rings. The standard InChI is InChI=1S/C20H31N7O/c1-24(2)13-14-25-12-8-21-19(25)16-4-9-26(10-5-16)20-22-7-3-18(23-20)27-11-6-17(28)15-27/h3,7-8,12,16-17,28H,4-6,9-11,13-15H2,1-2H3/t17-/m1/s1. The number of piperidine rings is 1. The van der Waals surface area contributed by atoms with Crippen molar-refractivity contribution in [1.82, 2.24) is 24.4 Å². The maximum absolute atomic E-state index is 9.78. The van der Waals surface area contributed by atoms with Crippen molar-refractivity contribution in [2.75, 3.05) is 56.6 Å². The second-order valence-electron chi connectivity index (χ2n) is 8.15. The highest BCUT2D eigenvalue weighted by molar-refractivity contribution is 5.45. The van der Waals surface area contributed by atoms with E-state index in [4.69, 9.17) is 4.98 Å². The molecule has 0 aromatic carbocycles. The minimum absolute atomic E-state index is 0.245. The van der Waals surface area contributed by atoms with E-state index in [0.717, 1.165) is 63.8 Å². The maximum Gasteiger partial charge on any atom is 0.227 e. The lowest BCUT2D eigenvalue weighted by Crippen LogP contribution is -2.35. The van der Waals surface area contributed by atoms with Crippen molar-refractivity contribution >= 4 is 11.8 Å². The number of aromatic nitrogens is 4. The summed E-state index contributed by atoms with van der Waals surface area (Å²) in [6, 6.07) is 1.94. The van der Waals surface area contributed by atoms with Crippen LogP contribution < -0.4 is 9.80 Å². The summed E-state index contributed by atoms with van der Waals surface area (Å²) < 4.78 is 2.30. The number of hydrogen-bond acceptors (Lipinski definition) is 7. The third-order valence-electron chi connectivity index (χ3n) is 5.79. The van der Waals surface area contributed by atoms with E-state index in [1.807, 2.05) is 18.5 Å². The number of aliphatic hydroxyl groups is 1. The summed E-state index contributed by atoms with van der Waals surface area (Å²) in [5.74, 6) is 3.42. The molecule has 2 fully saturated rings. The minimum Gasteiger partial charge on any atom is -0.391 e. The number of nitrogens with zero attached hydrogens (tertiary/aromatic N) is 7. The molecule has 28 heavy (non-hydrogen) atoms.